The molecule has 0 aliphatic heterocycles. The van der Waals surface area contributed by atoms with Crippen LogP contribution in [0.4, 0.5) is 5.69 Å². The van der Waals surface area contributed by atoms with Gasteiger partial charge in [-0.15, -0.1) is 0 Å². The Labute approximate surface area is 155 Å². The van der Waals surface area contributed by atoms with Crippen molar-refractivity contribution in [2.24, 2.45) is 23.5 Å². The Kier molecular flexibility index (Phi) is 4.54. The number of carbonyl (C=O) groups excluding carboxylic acids is 1. The molecule has 8 nitrogen and oxygen atoms in total. The molecule has 2 fully saturated rings. The van der Waals surface area contributed by atoms with Gasteiger partial charge in [0.25, 0.3) is 5.56 Å². The Bertz CT molecular complexity index is 858. The van der Waals surface area contributed by atoms with Gasteiger partial charge in [0.1, 0.15) is 5.15 Å². The van der Waals surface area contributed by atoms with Crippen LogP contribution in [0.3, 0.4) is 0 Å². The van der Waals surface area contributed by atoms with Crippen LogP contribution >= 0.6 is 11.6 Å². The van der Waals surface area contributed by atoms with Crippen LogP contribution in [0.1, 0.15) is 31.2 Å². The Morgan fingerprint density at radius 2 is 2.08 bits per heavy atom. The summed E-state index contributed by atoms with van der Waals surface area (Å²) in [5, 5.41) is 13.2. The molecule has 2 aliphatic carbocycles. The van der Waals surface area contributed by atoms with Crippen molar-refractivity contribution in [1.29, 1.82) is 0 Å². The lowest BCUT2D eigenvalue weighted by Crippen LogP contribution is -2.43. The van der Waals surface area contributed by atoms with Gasteiger partial charge in [-0.3, -0.25) is 14.3 Å². The quantitative estimate of drug-likeness (QED) is 0.674. The van der Waals surface area contributed by atoms with Crippen molar-refractivity contribution in [3.05, 3.63) is 39.5 Å². The smallest absolute Gasteiger partial charge is 0.269 e. The van der Waals surface area contributed by atoms with Crippen molar-refractivity contribution < 1.29 is 4.79 Å². The predicted octanol–water partition coefficient (Wildman–Crippen LogP) is 1.37. The standard InChI is InChI=1S/C17H21ClN6O2/c18-13-5-11(16(25)23-22-13)7-24-8-12(6-20-24)21-17(26)15(19)14(9-1-2-9)10-3-4-10/h5-6,8-10,14-15H,1-4,7,19H2,(H,21,26)(H,23,25). The molecule has 1 unspecified atom stereocenters. The fraction of sp³-hybridized carbons (Fsp3) is 0.529. The van der Waals surface area contributed by atoms with E-state index in [4.69, 9.17) is 17.3 Å². The van der Waals surface area contributed by atoms with Crippen LogP contribution in [0.25, 0.3) is 0 Å². The van der Waals surface area contributed by atoms with Gasteiger partial charge in [0.05, 0.1) is 24.5 Å². The SMILES string of the molecule is NC(C(=O)Nc1cnn(Cc2cc(Cl)n[nH]c2=O)c1)C(C1CC1)C1CC1. The monoisotopic (exact) mass is 376 g/mol. The fourth-order valence-corrected chi connectivity index (χ4v) is 3.73. The summed E-state index contributed by atoms with van der Waals surface area (Å²) in [6.07, 6.45) is 7.95. The second-order valence-corrected chi connectivity index (χ2v) is 7.63. The lowest BCUT2D eigenvalue weighted by atomic mass is 9.89. The fourth-order valence-electron chi connectivity index (χ4n) is 3.56. The number of nitrogens with zero attached hydrogens (tertiary/aromatic N) is 3. The normalized spacial score (nSPS) is 18.1. The third-order valence-electron chi connectivity index (χ3n) is 5.13. The molecule has 4 rings (SSSR count). The number of aromatic amines is 1. The van der Waals surface area contributed by atoms with Crippen LogP contribution in [-0.2, 0) is 11.3 Å². The first kappa shape index (κ1) is 17.2. The molecular weight excluding hydrogens is 356 g/mol. The molecule has 0 spiro atoms. The van der Waals surface area contributed by atoms with E-state index in [9.17, 15) is 9.59 Å². The van der Waals surface area contributed by atoms with Crippen LogP contribution in [0.15, 0.2) is 23.3 Å². The highest BCUT2D eigenvalue weighted by atomic mass is 35.5. The first-order chi connectivity index (χ1) is 12.5. The van der Waals surface area contributed by atoms with Gasteiger partial charge in [-0.25, -0.2) is 5.10 Å². The first-order valence-electron chi connectivity index (χ1n) is 8.84. The zero-order chi connectivity index (χ0) is 18.3. The summed E-state index contributed by atoms with van der Waals surface area (Å²) in [6.45, 7) is 0.228. The van der Waals surface area contributed by atoms with Crippen molar-refractivity contribution >= 4 is 23.2 Å². The van der Waals surface area contributed by atoms with Gasteiger partial charge in [0, 0.05) is 11.8 Å². The molecule has 1 amide bonds. The van der Waals surface area contributed by atoms with Gasteiger partial charge < -0.3 is 11.1 Å². The summed E-state index contributed by atoms with van der Waals surface area (Å²) in [6, 6.07) is 1.01. The number of aromatic nitrogens is 4. The highest BCUT2D eigenvalue weighted by Gasteiger charge is 2.46. The number of H-pyrrole nitrogens is 1. The summed E-state index contributed by atoms with van der Waals surface area (Å²) in [5.74, 6) is 1.34. The third kappa shape index (κ3) is 3.81. The number of rotatable bonds is 7. The van der Waals surface area contributed by atoms with Gasteiger partial charge in [-0.05, 0) is 49.5 Å². The zero-order valence-electron chi connectivity index (χ0n) is 14.2. The molecule has 26 heavy (non-hydrogen) atoms. The molecule has 0 radical (unpaired) electrons. The topological polar surface area (TPSA) is 119 Å². The highest BCUT2D eigenvalue weighted by molar-refractivity contribution is 6.29. The van der Waals surface area contributed by atoms with Gasteiger partial charge in [0.15, 0.2) is 0 Å². The van der Waals surface area contributed by atoms with E-state index in [2.05, 4.69) is 20.6 Å². The van der Waals surface area contributed by atoms with E-state index >= 15 is 0 Å². The van der Waals surface area contributed by atoms with Crippen molar-refractivity contribution in [3.8, 4) is 0 Å². The van der Waals surface area contributed by atoms with E-state index in [0.29, 0.717) is 29.0 Å². The maximum absolute atomic E-state index is 12.5. The maximum Gasteiger partial charge on any atom is 0.269 e. The number of carbonyl (C=O) groups is 1. The van der Waals surface area contributed by atoms with Gasteiger partial charge in [0.2, 0.25) is 5.91 Å². The highest BCUT2D eigenvalue weighted by Crippen LogP contribution is 2.50. The number of anilines is 1. The molecule has 0 bridgehead atoms. The average Bonchev–Trinajstić information content (AvgIpc) is 3.53. The average molecular weight is 377 g/mol. The van der Waals surface area contributed by atoms with Crippen molar-refractivity contribution in [2.45, 2.75) is 38.3 Å². The number of nitrogens with one attached hydrogen (secondary N) is 2. The molecule has 9 heteroatoms. The molecule has 2 aliphatic rings. The lowest BCUT2D eigenvalue weighted by molar-refractivity contribution is -0.118. The zero-order valence-corrected chi connectivity index (χ0v) is 14.9. The molecule has 2 aromatic heterocycles. The summed E-state index contributed by atoms with van der Waals surface area (Å²) < 4.78 is 1.56. The molecule has 0 aromatic carbocycles. The number of halogens is 1. The molecule has 1 atom stereocenters. The number of hydrogen-bond acceptors (Lipinski definition) is 5. The van der Waals surface area contributed by atoms with Crippen LogP contribution in [-0.4, -0.2) is 31.9 Å². The van der Waals surface area contributed by atoms with Crippen LogP contribution in [0, 0.1) is 17.8 Å². The van der Waals surface area contributed by atoms with Gasteiger partial charge >= 0.3 is 0 Å². The van der Waals surface area contributed by atoms with E-state index < -0.39 is 6.04 Å². The molecule has 0 saturated heterocycles. The van der Waals surface area contributed by atoms with Gasteiger partial charge in [-0.2, -0.15) is 10.2 Å². The van der Waals surface area contributed by atoms with Crippen molar-refractivity contribution in [3.63, 3.8) is 0 Å². The first-order valence-corrected chi connectivity index (χ1v) is 9.22. The van der Waals surface area contributed by atoms with E-state index in [1.807, 2.05) is 0 Å². The lowest BCUT2D eigenvalue weighted by Gasteiger charge is -2.22. The van der Waals surface area contributed by atoms with Gasteiger partial charge in [-0.1, -0.05) is 11.6 Å². The molecule has 138 valence electrons. The van der Waals surface area contributed by atoms with Crippen LogP contribution in [0.5, 0.6) is 0 Å². The number of amides is 1. The molecule has 2 aromatic rings. The maximum atomic E-state index is 12.5. The van der Waals surface area contributed by atoms with E-state index in [0.717, 1.165) is 0 Å². The Morgan fingerprint density at radius 1 is 1.38 bits per heavy atom. The van der Waals surface area contributed by atoms with Crippen LogP contribution in [0.2, 0.25) is 5.15 Å². The van der Waals surface area contributed by atoms with E-state index in [1.165, 1.54) is 31.7 Å². The Morgan fingerprint density at radius 3 is 2.73 bits per heavy atom. The summed E-state index contributed by atoms with van der Waals surface area (Å²) in [5.41, 5.74) is 6.92. The van der Waals surface area contributed by atoms with Crippen LogP contribution < -0.4 is 16.6 Å². The third-order valence-corrected chi connectivity index (χ3v) is 5.33. The minimum Gasteiger partial charge on any atom is -0.322 e. The van der Waals surface area contributed by atoms with Crippen molar-refractivity contribution in [2.75, 3.05) is 5.32 Å². The number of nitrogens with two attached hydrogens (primary N) is 1. The summed E-state index contributed by atoms with van der Waals surface area (Å²) in [4.78, 5) is 24.3. The molecule has 2 heterocycles. The summed E-state index contributed by atoms with van der Waals surface area (Å²) in [7, 11) is 0. The summed E-state index contributed by atoms with van der Waals surface area (Å²) >= 11 is 5.80. The second kappa shape index (κ2) is 6.85. The Balaban J connectivity index is 1.40. The minimum absolute atomic E-state index is 0.168. The molecular formula is C17H21ClN6O2. The Hall–Kier alpha value is -2.19. The molecule has 4 N–H and O–H groups in total. The van der Waals surface area contributed by atoms with Crippen molar-refractivity contribution in [1.82, 2.24) is 20.0 Å². The second-order valence-electron chi connectivity index (χ2n) is 7.24. The van der Waals surface area contributed by atoms with E-state index in [-0.39, 0.29) is 23.2 Å². The van der Waals surface area contributed by atoms with E-state index in [1.54, 1.807) is 17.1 Å². The predicted molar refractivity (Wildman–Crippen MR) is 96.7 cm³/mol. The number of hydrogen-bond donors (Lipinski definition) is 3. The molecule has 2 saturated carbocycles. The largest absolute Gasteiger partial charge is 0.322 e. The minimum atomic E-state index is -0.486.